The van der Waals surface area contributed by atoms with Gasteiger partial charge in [0.25, 0.3) is 0 Å². The van der Waals surface area contributed by atoms with E-state index in [9.17, 15) is 0 Å². The lowest BCUT2D eigenvalue weighted by atomic mass is 10.1. The van der Waals surface area contributed by atoms with Gasteiger partial charge in [0.2, 0.25) is 0 Å². The summed E-state index contributed by atoms with van der Waals surface area (Å²) >= 11 is 0. The third kappa shape index (κ3) is 1.87. The van der Waals surface area contributed by atoms with Crippen molar-refractivity contribution in [1.82, 2.24) is 4.57 Å². The first-order chi connectivity index (χ1) is 9.35. The Bertz CT molecular complexity index is 756. The summed E-state index contributed by atoms with van der Waals surface area (Å²) in [5, 5.41) is 6.37. The third-order valence-electron chi connectivity index (χ3n) is 3.42. The van der Waals surface area contributed by atoms with E-state index in [4.69, 9.17) is 4.84 Å². The van der Waals surface area contributed by atoms with Gasteiger partial charge in [-0.15, -0.1) is 0 Å². The van der Waals surface area contributed by atoms with Gasteiger partial charge >= 0.3 is 0 Å². The standard InChI is InChI=1S/C16H16N2O/c1-3-18-15-7-5-4-6-13(15)14-10-12(11-17-19-2)8-9-16(14)18/h4-11H,3H2,1-2H3. The summed E-state index contributed by atoms with van der Waals surface area (Å²) in [6, 6.07) is 14.9. The lowest BCUT2D eigenvalue weighted by Gasteiger charge is -2.02. The van der Waals surface area contributed by atoms with Gasteiger partial charge in [-0.3, -0.25) is 0 Å². The number of aromatic nitrogens is 1. The molecular formula is C16H16N2O. The molecule has 0 aliphatic rings. The minimum atomic E-state index is 0.968. The minimum Gasteiger partial charge on any atom is -0.399 e. The smallest absolute Gasteiger partial charge is 0.106 e. The van der Waals surface area contributed by atoms with Crippen LogP contribution >= 0.6 is 0 Å². The zero-order chi connectivity index (χ0) is 13.2. The second kappa shape index (κ2) is 4.76. The van der Waals surface area contributed by atoms with E-state index in [0.717, 1.165) is 12.1 Å². The van der Waals surface area contributed by atoms with Gasteiger partial charge in [0.1, 0.15) is 7.11 Å². The van der Waals surface area contributed by atoms with Crippen LogP contribution in [0.5, 0.6) is 0 Å². The molecule has 3 heteroatoms. The lowest BCUT2D eigenvalue weighted by Crippen LogP contribution is -1.92. The number of nitrogens with zero attached hydrogens (tertiary/aromatic N) is 2. The summed E-state index contributed by atoms with van der Waals surface area (Å²) < 4.78 is 2.34. The topological polar surface area (TPSA) is 26.5 Å². The average Bonchev–Trinajstić information content (AvgIpc) is 2.78. The molecule has 0 saturated carbocycles. The Morgan fingerprint density at radius 2 is 1.89 bits per heavy atom. The Morgan fingerprint density at radius 3 is 2.68 bits per heavy atom. The van der Waals surface area contributed by atoms with Gasteiger partial charge in [-0.1, -0.05) is 29.4 Å². The molecular weight excluding hydrogens is 236 g/mol. The molecule has 0 N–H and O–H groups in total. The molecule has 3 aromatic rings. The maximum absolute atomic E-state index is 4.74. The summed E-state index contributed by atoms with van der Waals surface area (Å²) in [6.45, 7) is 3.14. The second-order valence-corrected chi connectivity index (χ2v) is 4.46. The van der Waals surface area contributed by atoms with E-state index in [1.165, 1.54) is 21.8 Å². The van der Waals surface area contributed by atoms with E-state index in [-0.39, 0.29) is 0 Å². The highest BCUT2D eigenvalue weighted by Gasteiger charge is 2.08. The molecule has 0 radical (unpaired) electrons. The quantitative estimate of drug-likeness (QED) is 0.514. The average molecular weight is 252 g/mol. The van der Waals surface area contributed by atoms with Crippen LogP contribution in [0.2, 0.25) is 0 Å². The van der Waals surface area contributed by atoms with Crippen molar-refractivity contribution in [2.75, 3.05) is 7.11 Å². The number of fused-ring (bicyclic) bond motifs is 3. The van der Waals surface area contributed by atoms with Crippen molar-refractivity contribution in [3.05, 3.63) is 48.0 Å². The van der Waals surface area contributed by atoms with Crippen LogP contribution in [0.1, 0.15) is 12.5 Å². The van der Waals surface area contributed by atoms with Crippen LogP contribution in [0.4, 0.5) is 0 Å². The van der Waals surface area contributed by atoms with Crippen LogP contribution < -0.4 is 0 Å². The lowest BCUT2D eigenvalue weighted by molar-refractivity contribution is 0.215. The molecule has 3 rings (SSSR count). The Hall–Kier alpha value is -2.29. The van der Waals surface area contributed by atoms with Crippen molar-refractivity contribution in [3.63, 3.8) is 0 Å². The first kappa shape index (κ1) is 11.8. The van der Waals surface area contributed by atoms with E-state index in [1.54, 1.807) is 13.3 Å². The highest BCUT2D eigenvalue weighted by Crippen LogP contribution is 2.29. The SMILES string of the molecule is CCn1c2ccccc2c2cc(C=NOC)ccc21. The van der Waals surface area contributed by atoms with Crippen molar-refractivity contribution in [3.8, 4) is 0 Å². The fourth-order valence-corrected chi connectivity index (χ4v) is 2.61. The molecule has 0 spiro atoms. The molecule has 1 heterocycles. The highest BCUT2D eigenvalue weighted by molar-refractivity contribution is 6.09. The van der Waals surface area contributed by atoms with E-state index < -0.39 is 0 Å². The number of hydrogen-bond acceptors (Lipinski definition) is 2. The zero-order valence-corrected chi connectivity index (χ0v) is 11.1. The largest absolute Gasteiger partial charge is 0.399 e. The normalized spacial score (nSPS) is 11.7. The van der Waals surface area contributed by atoms with Crippen LogP contribution in [0.15, 0.2) is 47.6 Å². The van der Waals surface area contributed by atoms with E-state index in [2.05, 4.69) is 59.1 Å². The summed E-state index contributed by atoms with van der Waals surface area (Å²) in [6.07, 6.45) is 1.73. The molecule has 0 atom stereocenters. The summed E-state index contributed by atoms with van der Waals surface area (Å²) in [4.78, 5) is 4.74. The molecule has 0 aliphatic carbocycles. The van der Waals surface area contributed by atoms with Crippen molar-refractivity contribution in [2.45, 2.75) is 13.5 Å². The van der Waals surface area contributed by atoms with Gasteiger partial charge in [-0.25, -0.2) is 0 Å². The molecule has 3 nitrogen and oxygen atoms in total. The Kier molecular flexibility index (Phi) is 2.95. The fraction of sp³-hybridized carbons (Fsp3) is 0.188. The fourth-order valence-electron chi connectivity index (χ4n) is 2.61. The first-order valence-corrected chi connectivity index (χ1v) is 6.42. The van der Waals surface area contributed by atoms with Crippen LogP contribution in [-0.2, 0) is 11.4 Å². The molecule has 0 saturated heterocycles. The Balaban J connectivity index is 2.33. The van der Waals surface area contributed by atoms with Gasteiger partial charge in [-0.2, -0.15) is 0 Å². The maximum Gasteiger partial charge on any atom is 0.106 e. The Morgan fingerprint density at radius 1 is 1.11 bits per heavy atom. The molecule has 2 aromatic carbocycles. The monoisotopic (exact) mass is 252 g/mol. The van der Waals surface area contributed by atoms with Crippen LogP contribution in [0.25, 0.3) is 21.8 Å². The molecule has 19 heavy (non-hydrogen) atoms. The van der Waals surface area contributed by atoms with E-state index >= 15 is 0 Å². The predicted octanol–water partition coefficient (Wildman–Crippen LogP) is 3.79. The van der Waals surface area contributed by atoms with E-state index in [1.807, 2.05) is 0 Å². The van der Waals surface area contributed by atoms with Crippen molar-refractivity contribution in [1.29, 1.82) is 0 Å². The molecule has 0 unspecified atom stereocenters. The summed E-state index contributed by atoms with van der Waals surface area (Å²) in [5.74, 6) is 0. The number of oxime groups is 1. The molecule has 0 bridgehead atoms. The van der Waals surface area contributed by atoms with Gasteiger partial charge < -0.3 is 9.40 Å². The summed E-state index contributed by atoms with van der Waals surface area (Å²) in [7, 11) is 1.55. The minimum absolute atomic E-state index is 0.968. The maximum atomic E-state index is 4.74. The highest BCUT2D eigenvalue weighted by atomic mass is 16.6. The number of aryl methyl sites for hydroxylation is 1. The van der Waals surface area contributed by atoms with Crippen LogP contribution in [0.3, 0.4) is 0 Å². The van der Waals surface area contributed by atoms with Crippen LogP contribution in [0, 0.1) is 0 Å². The number of para-hydroxylation sites is 1. The predicted molar refractivity (Wildman–Crippen MR) is 79.7 cm³/mol. The zero-order valence-electron chi connectivity index (χ0n) is 11.1. The van der Waals surface area contributed by atoms with Crippen molar-refractivity contribution < 1.29 is 4.84 Å². The molecule has 96 valence electrons. The summed E-state index contributed by atoms with van der Waals surface area (Å²) in [5.41, 5.74) is 3.59. The van der Waals surface area contributed by atoms with E-state index in [0.29, 0.717) is 0 Å². The Labute approximate surface area is 112 Å². The van der Waals surface area contributed by atoms with Gasteiger partial charge in [0.15, 0.2) is 0 Å². The first-order valence-electron chi connectivity index (χ1n) is 6.42. The van der Waals surface area contributed by atoms with Crippen molar-refractivity contribution >= 4 is 28.0 Å². The van der Waals surface area contributed by atoms with Crippen LogP contribution in [-0.4, -0.2) is 17.9 Å². The number of hydrogen-bond donors (Lipinski definition) is 0. The molecule has 0 amide bonds. The second-order valence-electron chi connectivity index (χ2n) is 4.46. The molecule has 1 aromatic heterocycles. The number of rotatable bonds is 3. The molecule has 0 fully saturated rings. The van der Waals surface area contributed by atoms with Gasteiger partial charge in [-0.05, 0) is 30.7 Å². The van der Waals surface area contributed by atoms with Gasteiger partial charge in [0.05, 0.1) is 6.21 Å². The number of benzene rings is 2. The van der Waals surface area contributed by atoms with Gasteiger partial charge in [0, 0.05) is 28.4 Å². The van der Waals surface area contributed by atoms with Crippen molar-refractivity contribution in [2.24, 2.45) is 5.16 Å². The third-order valence-corrected chi connectivity index (χ3v) is 3.42. The molecule has 0 aliphatic heterocycles.